The fourth-order valence-corrected chi connectivity index (χ4v) is 1.94. The van der Waals surface area contributed by atoms with E-state index in [0.29, 0.717) is 12.4 Å². The van der Waals surface area contributed by atoms with Crippen molar-refractivity contribution in [3.8, 4) is 5.75 Å². The number of benzene rings is 1. The van der Waals surface area contributed by atoms with E-state index in [9.17, 15) is 4.79 Å². The predicted octanol–water partition coefficient (Wildman–Crippen LogP) is 1.76. The SMILES string of the molecule is CCOc1ccccc1C1C(=N)NC(=O)N1C. The molecule has 5 heteroatoms. The molecule has 0 aliphatic carbocycles. The van der Waals surface area contributed by atoms with Gasteiger partial charge < -0.3 is 9.64 Å². The van der Waals surface area contributed by atoms with Crippen LogP contribution in [0, 0.1) is 5.41 Å². The zero-order valence-electron chi connectivity index (χ0n) is 9.86. The van der Waals surface area contributed by atoms with Crippen LogP contribution in [-0.2, 0) is 0 Å². The molecular formula is C12H15N3O2. The third kappa shape index (κ3) is 1.95. The van der Waals surface area contributed by atoms with Gasteiger partial charge in [-0.15, -0.1) is 0 Å². The normalized spacial score (nSPS) is 19.4. The minimum atomic E-state index is -0.384. The van der Waals surface area contributed by atoms with Gasteiger partial charge in [0.2, 0.25) is 0 Å². The number of ether oxygens (including phenoxy) is 1. The minimum absolute atomic E-state index is 0.185. The van der Waals surface area contributed by atoms with Crippen molar-refractivity contribution in [1.29, 1.82) is 5.41 Å². The second-order valence-electron chi connectivity index (χ2n) is 3.83. The first-order valence-corrected chi connectivity index (χ1v) is 5.49. The summed E-state index contributed by atoms with van der Waals surface area (Å²) in [5, 5.41) is 10.3. The number of hydrogen-bond donors (Lipinski definition) is 2. The molecule has 0 radical (unpaired) electrons. The van der Waals surface area contributed by atoms with Crippen molar-refractivity contribution in [2.45, 2.75) is 13.0 Å². The molecule has 1 aromatic rings. The van der Waals surface area contributed by atoms with Crippen LogP contribution in [0.3, 0.4) is 0 Å². The first kappa shape index (κ1) is 11.4. The van der Waals surface area contributed by atoms with Crippen LogP contribution in [0.5, 0.6) is 5.75 Å². The molecule has 1 heterocycles. The fraction of sp³-hybridized carbons (Fsp3) is 0.333. The monoisotopic (exact) mass is 233 g/mol. The van der Waals surface area contributed by atoms with E-state index in [1.54, 1.807) is 7.05 Å². The van der Waals surface area contributed by atoms with Gasteiger partial charge in [-0.05, 0) is 13.0 Å². The van der Waals surface area contributed by atoms with Crippen LogP contribution in [0.15, 0.2) is 24.3 Å². The highest BCUT2D eigenvalue weighted by Crippen LogP contribution is 2.31. The fourth-order valence-electron chi connectivity index (χ4n) is 1.94. The number of amides is 2. The second kappa shape index (κ2) is 4.45. The Labute approximate surface area is 99.9 Å². The topological polar surface area (TPSA) is 65.4 Å². The third-order valence-corrected chi connectivity index (χ3v) is 2.74. The van der Waals surface area contributed by atoms with E-state index in [-0.39, 0.29) is 17.9 Å². The third-order valence-electron chi connectivity index (χ3n) is 2.74. The smallest absolute Gasteiger partial charge is 0.323 e. The van der Waals surface area contributed by atoms with E-state index in [4.69, 9.17) is 10.1 Å². The second-order valence-corrected chi connectivity index (χ2v) is 3.83. The maximum absolute atomic E-state index is 11.5. The Morgan fingerprint density at radius 2 is 2.18 bits per heavy atom. The first-order valence-electron chi connectivity index (χ1n) is 5.49. The van der Waals surface area contributed by atoms with Gasteiger partial charge >= 0.3 is 6.03 Å². The number of amidine groups is 1. The molecule has 1 aromatic carbocycles. The van der Waals surface area contributed by atoms with E-state index in [1.807, 2.05) is 31.2 Å². The van der Waals surface area contributed by atoms with E-state index in [2.05, 4.69) is 5.32 Å². The summed E-state index contributed by atoms with van der Waals surface area (Å²) in [4.78, 5) is 13.0. The van der Waals surface area contributed by atoms with E-state index >= 15 is 0 Å². The number of rotatable bonds is 3. The van der Waals surface area contributed by atoms with E-state index in [0.717, 1.165) is 5.56 Å². The Hall–Kier alpha value is -2.04. The first-order chi connectivity index (χ1) is 8.15. The van der Waals surface area contributed by atoms with Crippen LogP contribution in [0.1, 0.15) is 18.5 Å². The molecule has 90 valence electrons. The number of nitrogens with zero attached hydrogens (tertiary/aromatic N) is 1. The number of urea groups is 1. The predicted molar refractivity (Wildman–Crippen MR) is 64.4 cm³/mol. The Balaban J connectivity index is 2.39. The van der Waals surface area contributed by atoms with Gasteiger partial charge in [-0.3, -0.25) is 10.7 Å². The molecule has 1 atom stereocenters. The Morgan fingerprint density at radius 3 is 2.76 bits per heavy atom. The quantitative estimate of drug-likeness (QED) is 0.835. The maximum atomic E-state index is 11.5. The molecule has 0 saturated carbocycles. The van der Waals surface area contributed by atoms with Crippen LogP contribution in [-0.4, -0.2) is 30.4 Å². The van der Waals surface area contributed by atoms with Crippen LogP contribution in [0.25, 0.3) is 0 Å². The highest BCUT2D eigenvalue weighted by Gasteiger charge is 2.35. The largest absolute Gasteiger partial charge is 0.494 e. The number of hydrogen-bond acceptors (Lipinski definition) is 3. The molecule has 2 amide bonds. The van der Waals surface area contributed by atoms with Gasteiger partial charge in [0.25, 0.3) is 0 Å². The molecule has 1 aliphatic heterocycles. The summed E-state index contributed by atoms with van der Waals surface area (Å²) in [7, 11) is 1.67. The van der Waals surface area contributed by atoms with E-state index in [1.165, 1.54) is 4.90 Å². The molecule has 2 rings (SSSR count). The number of likely N-dealkylation sites (N-methyl/N-ethyl adjacent to an activating group) is 1. The van der Waals surface area contributed by atoms with Crippen LogP contribution in [0.2, 0.25) is 0 Å². The molecule has 0 spiro atoms. The summed E-state index contributed by atoms with van der Waals surface area (Å²) in [6.45, 7) is 2.46. The molecule has 1 unspecified atom stereocenters. The lowest BCUT2D eigenvalue weighted by Crippen LogP contribution is -2.25. The van der Waals surface area contributed by atoms with Crippen molar-refractivity contribution in [2.24, 2.45) is 0 Å². The number of para-hydroxylation sites is 1. The van der Waals surface area contributed by atoms with Gasteiger partial charge in [0.15, 0.2) is 0 Å². The van der Waals surface area contributed by atoms with Crippen LogP contribution >= 0.6 is 0 Å². The van der Waals surface area contributed by atoms with Gasteiger partial charge in [0.05, 0.1) is 6.61 Å². The Morgan fingerprint density at radius 1 is 1.47 bits per heavy atom. The van der Waals surface area contributed by atoms with Crippen molar-refractivity contribution >= 4 is 11.9 Å². The minimum Gasteiger partial charge on any atom is -0.494 e. The summed E-state index contributed by atoms with van der Waals surface area (Å²) >= 11 is 0. The molecule has 0 aromatic heterocycles. The summed E-state index contributed by atoms with van der Waals surface area (Å²) < 4.78 is 5.52. The molecule has 1 aliphatic rings. The standard InChI is InChI=1S/C12H15N3O2/c1-3-17-9-7-5-4-6-8(9)10-11(13)14-12(16)15(10)2/h4-7,10H,3H2,1-2H3,(H2,13,14,16). The van der Waals surface area contributed by atoms with Gasteiger partial charge in [-0.2, -0.15) is 0 Å². The highest BCUT2D eigenvalue weighted by molar-refractivity contribution is 6.06. The molecular weight excluding hydrogens is 218 g/mol. The molecule has 1 saturated heterocycles. The lowest BCUT2D eigenvalue weighted by Gasteiger charge is -2.20. The highest BCUT2D eigenvalue weighted by atomic mass is 16.5. The summed E-state index contributed by atoms with van der Waals surface area (Å²) in [6, 6.07) is 6.84. The van der Waals surface area contributed by atoms with Gasteiger partial charge in [0, 0.05) is 12.6 Å². The summed E-state index contributed by atoms with van der Waals surface area (Å²) in [5.41, 5.74) is 0.834. The Kier molecular flexibility index (Phi) is 2.99. The lowest BCUT2D eigenvalue weighted by molar-refractivity contribution is 0.216. The molecule has 5 nitrogen and oxygen atoms in total. The lowest BCUT2D eigenvalue weighted by atomic mass is 10.0. The number of carbonyl (C=O) groups excluding carboxylic acids is 1. The zero-order valence-corrected chi connectivity index (χ0v) is 9.86. The van der Waals surface area contributed by atoms with Crippen molar-refractivity contribution < 1.29 is 9.53 Å². The average molecular weight is 233 g/mol. The molecule has 17 heavy (non-hydrogen) atoms. The van der Waals surface area contributed by atoms with Crippen LogP contribution in [0.4, 0.5) is 4.79 Å². The average Bonchev–Trinajstić information content (AvgIpc) is 2.55. The van der Waals surface area contributed by atoms with Crippen molar-refractivity contribution in [3.63, 3.8) is 0 Å². The molecule has 2 N–H and O–H groups in total. The van der Waals surface area contributed by atoms with Crippen molar-refractivity contribution in [2.75, 3.05) is 13.7 Å². The zero-order chi connectivity index (χ0) is 12.4. The van der Waals surface area contributed by atoms with Crippen molar-refractivity contribution in [1.82, 2.24) is 10.2 Å². The summed E-state index contributed by atoms with van der Waals surface area (Å²) in [5.74, 6) is 0.901. The van der Waals surface area contributed by atoms with Gasteiger partial charge in [-0.25, -0.2) is 4.79 Å². The Bertz CT molecular complexity index is 459. The van der Waals surface area contributed by atoms with E-state index < -0.39 is 0 Å². The summed E-state index contributed by atoms with van der Waals surface area (Å²) in [6.07, 6.45) is 0. The molecule has 1 fully saturated rings. The maximum Gasteiger partial charge on any atom is 0.323 e. The van der Waals surface area contributed by atoms with Crippen molar-refractivity contribution in [3.05, 3.63) is 29.8 Å². The van der Waals surface area contributed by atoms with Crippen LogP contribution < -0.4 is 10.1 Å². The van der Waals surface area contributed by atoms with Gasteiger partial charge in [-0.1, -0.05) is 18.2 Å². The number of carbonyl (C=O) groups is 1. The van der Waals surface area contributed by atoms with Gasteiger partial charge in [0.1, 0.15) is 17.6 Å². The number of nitrogens with one attached hydrogen (secondary N) is 2. The molecule has 0 bridgehead atoms.